The van der Waals surface area contributed by atoms with Gasteiger partial charge in [-0.25, -0.2) is 5.43 Å². The Labute approximate surface area is 159 Å². The number of rotatable bonds is 6. The maximum atomic E-state index is 11.9. The highest BCUT2D eigenvalue weighted by molar-refractivity contribution is 9.10. The normalized spacial score (nSPS) is 11.0. The van der Waals surface area contributed by atoms with E-state index in [1.165, 1.54) is 0 Å². The summed E-state index contributed by atoms with van der Waals surface area (Å²) in [5.41, 5.74) is 4.51. The van der Waals surface area contributed by atoms with E-state index < -0.39 is 0 Å². The van der Waals surface area contributed by atoms with Crippen molar-refractivity contribution in [1.82, 2.24) is 9.99 Å². The third-order valence-corrected chi connectivity index (χ3v) is 4.44. The number of carbonyl (C=O) groups excluding carboxylic acids is 1. The van der Waals surface area contributed by atoms with Crippen molar-refractivity contribution in [3.63, 3.8) is 0 Å². The van der Waals surface area contributed by atoms with Crippen molar-refractivity contribution < 1.29 is 14.3 Å². The number of hydrogen-bond acceptors (Lipinski definition) is 4. The predicted octanol–water partition coefficient (Wildman–Crippen LogP) is 3.48. The summed E-state index contributed by atoms with van der Waals surface area (Å²) in [7, 11) is 3.56. The molecule has 0 radical (unpaired) electrons. The largest absolute Gasteiger partial charge is 0.497 e. The Kier molecular flexibility index (Phi) is 5.58. The molecule has 0 saturated carbocycles. The van der Waals surface area contributed by atoms with Crippen LogP contribution in [-0.4, -0.2) is 30.4 Å². The maximum Gasteiger partial charge on any atom is 0.277 e. The number of halogens is 1. The van der Waals surface area contributed by atoms with Crippen LogP contribution >= 0.6 is 15.9 Å². The molecule has 6 nitrogen and oxygen atoms in total. The molecule has 3 rings (SSSR count). The van der Waals surface area contributed by atoms with Crippen molar-refractivity contribution in [2.75, 3.05) is 13.7 Å². The standard InChI is InChI=1S/C19H18BrN3O3/c1-23-11-13(15-5-3-4-6-17(15)23)10-21-22-19(24)12-26-18-8-7-14(25-2)9-16(18)20/h3-11H,12H2,1-2H3,(H,22,24). The molecule has 0 bridgehead atoms. The summed E-state index contributed by atoms with van der Waals surface area (Å²) in [6, 6.07) is 13.3. The Hall–Kier alpha value is -2.80. The van der Waals surface area contributed by atoms with Gasteiger partial charge in [0.05, 0.1) is 17.8 Å². The third kappa shape index (κ3) is 4.05. The minimum Gasteiger partial charge on any atom is -0.497 e. The molecule has 1 aromatic heterocycles. The molecule has 1 amide bonds. The predicted molar refractivity (Wildman–Crippen MR) is 105 cm³/mol. The first-order valence-corrected chi connectivity index (χ1v) is 8.70. The van der Waals surface area contributed by atoms with Crippen LogP contribution in [0.2, 0.25) is 0 Å². The number of amides is 1. The molecule has 3 aromatic rings. The van der Waals surface area contributed by atoms with Gasteiger partial charge in [0.2, 0.25) is 0 Å². The summed E-state index contributed by atoms with van der Waals surface area (Å²) in [5, 5.41) is 5.09. The molecule has 0 spiro atoms. The number of nitrogens with one attached hydrogen (secondary N) is 1. The monoisotopic (exact) mass is 415 g/mol. The van der Waals surface area contributed by atoms with Crippen molar-refractivity contribution in [3.8, 4) is 11.5 Å². The Bertz CT molecular complexity index is 966. The number of nitrogens with zero attached hydrogens (tertiary/aromatic N) is 2. The van der Waals surface area contributed by atoms with E-state index in [1.54, 1.807) is 31.5 Å². The van der Waals surface area contributed by atoms with Crippen molar-refractivity contribution in [2.45, 2.75) is 0 Å². The van der Waals surface area contributed by atoms with Crippen molar-refractivity contribution >= 4 is 39.0 Å². The second-order valence-corrected chi connectivity index (χ2v) is 6.45. The van der Waals surface area contributed by atoms with Gasteiger partial charge in [0.1, 0.15) is 11.5 Å². The number of aromatic nitrogens is 1. The van der Waals surface area contributed by atoms with Crippen LogP contribution < -0.4 is 14.9 Å². The van der Waals surface area contributed by atoms with Crippen molar-refractivity contribution in [2.24, 2.45) is 12.1 Å². The molecule has 134 valence electrons. The zero-order valence-corrected chi connectivity index (χ0v) is 16.0. The van der Waals surface area contributed by atoms with Crippen molar-refractivity contribution in [1.29, 1.82) is 0 Å². The lowest BCUT2D eigenvalue weighted by atomic mass is 10.2. The fourth-order valence-electron chi connectivity index (χ4n) is 2.55. The van der Waals surface area contributed by atoms with Gasteiger partial charge in [-0.05, 0) is 40.2 Å². The van der Waals surface area contributed by atoms with Crippen LogP contribution in [0.3, 0.4) is 0 Å². The second-order valence-electron chi connectivity index (χ2n) is 5.59. The molecule has 7 heteroatoms. The number of hydrogen-bond donors (Lipinski definition) is 1. The summed E-state index contributed by atoms with van der Waals surface area (Å²) in [4.78, 5) is 11.9. The van der Waals surface area contributed by atoms with E-state index in [0.717, 1.165) is 16.5 Å². The average molecular weight is 416 g/mol. The van der Waals surface area contributed by atoms with Gasteiger partial charge >= 0.3 is 0 Å². The molecule has 0 atom stereocenters. The summed E-state index contributed by atoms with van der Waals surface area (Å²) in [5.74, 6) is 0.913. The highest BCUT2D eigenvalue weighted by Gasteiger charge is 2.07. The summed E-state index contributed by atoms with van der Waals surface area (Å²) < 4.78 is 13.3. The topological polar surface area (TPSA) is 64.8 Å². The lowest BCUT2D eigenvalue weighted by Crippen LogP contribution is -2.24. The van der Waals surface area contributed by atoms with Crippen LogP contribution in [0, 0.1) is 0 Å². The van der Waals surface area contributed by atoms with E-state index in [4.69, 9.17) is 9.47 Å². The van der Waals surface area contributed by atoms with Crippen LogP contribution in [0.5, 0.6) is 11.5 Å². The number of para-hydroxylation sites is 1. The zero-order chi connectivity index (χ0) is 18.5. The van der Waals surface area contributed by atoms with Gasteiger partial charge in [-0.1, -0.05) is 18.2 Å². The number of aryl methyl sites for hydroxylation is 1. The van der Waals surface area contributed by atoms with Gasteiger partial charge in [0.15, 0.2) is 6.61 Å². The zero-order valence-electron chi connectivity index (χ0n) is 14.4. The smallest absolute Gasteiger partial charge is 0.277 e. The number of fused-ring (bicyclic) bond motifs is 1. The Morgan fingerprint density at radius 2 is 2.12 bits per heavy atom. The molecule has 2 aromatic carbocycles. The van der Waals surface area contributed by atoms with Gasteiger partial charge in [-0.15, -0.1) is 0 Å². The second kappa shape index (κ2) is 8.05. The molecule has 0 saturated heterocycles. The molecule has 0 aliphatic heterocycles. The van der Waals surface area contributed by atoms with E-state index in [0.29, 0.717) is 16.0 Å². The molecule has 0 aliphatic rings. The van der Waals surface area contributed by atoms with E-state index in [1.807, 2.05) is 42.1 Å². The minimum atomic E-state index is -0.343. The third-order valence-electron chi connectivity index (χ3n) is 3.82. The van der Waals surface area contributed by atoms with Crippen molar-refractivity contribution in [3.05, 3.63) is 58.7 Å². The fraction of sp³-hybridized carbons (Fsp3) is 0.158. The number of methoxy groups -OCH3 is 1. The number of carbonyl (C=O) groups is 1. The van der Waals surface area contributed by atoms with E-state index in [-0.39, 0.29) is 12.5 Å². The molecule has 0 aliphatic carbocycles. The van der Waals surface area contributed by atoms with E-state index >= 15 is 0 Å². The van der Waals surface area contributed by atoms with Crippen LogP contribution in [0.25, 0.3) is 10.9 Å². The van der Waals surface area contributed by atoms with Crippen LogP contribution in [0.1, 0.15) is 5.56 Å². The van der Waals surface area contributed by atoms with Gasteiger partial charge in [-0.3, -0.25) is 4.79 Å². The highest BCUT2D eigenvalue weighted by Crippen LogP contribution is 2.29. The quantitative estimate of drug-likeness (QED) is 0.495. The van der Waals surface area contributed by atoms with Gasteiger partial charge in [0, 0.05) is 29.7 Å². The summed E-state index contributed by atoms with van der Waals surface area (Å²) >= 11 is 3.38. The summed E-state index contributed by atoms with van der Waals surface area (Å²) in [6.45, 7) is -0.141. The van der Waals surface area contributed by atoms with E-state index in [2.05, 4.69) is 26.5 Å². The van der Waals surface area contributed by atoms with Gasteiger partial charge in [0.25, 0.3) is 5.91 Å². The number of hydrazone groups is 1. The molecule has 0 fully saturated rings. The molecule has 1 N–H and O–H groups in total. The lowest BCUT2D eigenvalue weighted by molar-refractivity contribution is -0.123. The molecule has 26 heavy (non-hydrogen) atoms. The van der Waals surface area contributed by atoms with Gasteiger partial charge < -0.3 is 14.0 Å². The summed E-state index contributed by atoms with van der Waals surface area (Å²) in [6.07, 6.45) is 3.59. The van der Waals surface area contributed by atoms with E-state index in [9.17, 15) is 4.79 Å². The minimum absolute atomic E-state index is 0.141. The van der Waals surface area contributed by atoms with Crippen LogP contribution in [0.4, 0.5) is 0 Å². The SMILES string of the molecule is COc1ccc(OCC(=O)NN=Cc2cn(C)c3ccccc23)c(Br)c1. The Balaban J connectivity index is 1.58. The first-order chi connectivity index (χ1) is 12.6. The molecular formula is C19H18BrN3O3. The fourth-order valence-corrected chi connectivity index (χ4v) is 3.02. The number of benzene rings is 2. The molecule has 1 heterocycles. The van der Waals surface area contributed by atoms with Crippen LogP contribution in [-0.2, 0) is 11.8 Å². The maximum absolute atomic E-state index is 11.9. The first-order valence-electron chi connectivity index (χ1n) is 7.91. The average Bonchev–Trinajstić information content (AvgIpc) is 2.97. The molecule has 0 unspecified atom stereocenters. The Morgan fingerprint density at radius 3 is 2.88 bits per heavy atom. The Morgan fingerprint density at radius 1 is 1.31 bits per heavy atom. The molecular weight excluding hydrogens is 398 g/mol. The number of ether oxygens (including phenoxy) is 2. The van der Waals surface area contributed by atoms with Crippen LogP contribution in [0.15, 0.2) is 58.2 Å². The van der Waals surface area contributed by atoms with Gasteiger partial charge in [-0.2, -0.15) is 5.10 Å². The highest BCUT2D eigenvalue weighted by atomic mass is 79.9. The lowest BCUT2D eigenvalue weighted by Gasteiger charge is -2.08. The first kappa shape index (κ1) is 18.0.